The number of fused-ring (bicyclic) bond motifs is 9. The van der Waals surface area contributed by atoms with Gasteiger partial charge in [-0.1, -0.05) is 6.92 Å². The van der Waals surface area contributed by atoms with Gasteiger partial charge in [-0.2, -0.15) is 0 Å². The van der Waals surface area contributed by atoms with Gasteiger partial charge in [0.1, 0.15) is 6.10 Å². The van der Waals surface area contributed by atoms with Gasteiger partial charge in [0.2, 0.25) is 6.10 Å². The van der Waals surface area contributed by atoms with Crippen molar-refractivity contribution >= 4 is 17.9 Å². The summed E-state index contributed by atoms with van der Waals surface area (Å²) < 4.78 is 15.1. The van der Waals surface area contributed by atoms with Crippen LogP contribution in [0.5, 0.6) is 0 Å². The number of esters is 3. The maximum Gasteiger partial charge on any atom is 0.347 e. The number of hydrogen-bond acceptors (Lipinski definition) is 6. The van der Waals surface area contributed by atoms with Crippen molar-refractivity contribution in [2.45, 2.75) is 84.8 Å². The van der Waals surface area contributed by atoms with Crippen molar-refractivity contribution in [3.05, 3.63) is 0 Å². The molecule has 5 aliphatic rings. The lowest BCUT2D eigenvalue weighted by atomic mass is 9.70. The number of rotatable bonds is 4. The first-order valence-corrected chi connectivity index (χ1v) is 11.8. The summed E-state index contributed by atoms with van der Waals surface area (Å²) in [5.74, 6) is 4.67. The number of cyclic esters (lactones) is 1. The average molecular weight is 421 g/mol. The molecule has 4 saturated carbocycles. The monoisotopic (exact) mass is 420 g/mol. The Morgan fingerprint density at radius 3 is 2.30 bits per heavy atom. The fourth-order valence-corrected chi connectivity index (χ4v) is 6.87. The fraction of sp³-hybridized carbons (Fsp3) is 0.875. The van der Waals surface area contributed by atoms with Crippen molar-refractivity contribution in [2.75, 3.05) is 6.61 Å². The lowest BCUT2D eigenvalue weighted by Gasteiger charge is -2.39. The fourth-order valence-electron chi connectivity index (χ4n) is 6.87. The molecule has 1 saturated heterocycles. The minimum atomic E-state index is -0.655. The third-order valence-electron chi connectivity index (χ3n) is 8.56. The van der Waals surface area contributed by atoms with Crippen LogP contribution < -0.4 is 0 Å². The van der Waals surface area contributed by atoms with E-state index in [1.807, 2.05) is 13.8 Å². The third kappa shape index (κ3) is 3.87. The van der Waals surface area contributed by atoms with E-state index in [1.165, 1.54) is 39.0 Å². The summed E-state index contributed by atoms with van der Waals surface area (Å²) in [4.78, 5) is 33.3. The summed E-state index contributed by atoms with van der Waals surface area (Å²) in [6.07, 6.45) is 7.90. The van der Waals surface area contributed by atoms with Gasteiger partial charge < -0.3 is 14.2 Å². The Bertz CT molecular complexity index is 700. The van der Waals surface area contributed by atoms with Gasteiger partial charge in [-0.05, 0) is 87.9 Å². The minimum Gasteiger partial charge on any atom is -0.463 e. The van der Waals surface area contributed by atoms with Crippen LogP contribution in [0.4, 0.5) is 0 Å². The summed E-state index contributed by atoms with van der Waals surface area (Å²) in [6.45, 7) is 7.74. The molecular formula is C24H36O6. The van der Waals surface area contributed by atoms with Crippen LogP contribution in [0.25, 0.3) is 0 Å². The van der Waals surface area contributed by atoms with E-state index >= 15 is 0 Å². The van der Waals surface area contributed by atoms with Crippen LogP contribution in [0.15, 0.2) is 0 Å². The van der Waals surface area contributed by atoms with Gasteiger partial charge in [-0.25, -0.2) is 4.79 Å². The molecule has 5 rings (SSSR count). The first kappa shape index (κ1) is 21.6. The second kappa shape index (κ2) is 8.16. The molecule has 1 heterocycles. The van der Waals surface area contributed by atoms with E-state index in [0.717, 1.165) is 36.0 Å². The lowest BCUT2D eigenvalue weighted by Crippen LogP contribution is -2.39. The second-order valence-corrected chi connectivity index (χ2v) is 10.6. The summed E-state index contributed by atoms with van der Waals surface area (Å²) >= 11 is 0. The zero-order chi connectivity index (χ0) is 21.6. The first-order chi connectivity index (χ1) is 14.2. The molecule has 8 atom stereocenters. The van der Waals surface area contributed by atoms with Gasteiger partial charge >= 0.3 is 17.9 Å². The summed E-state index contributed by atoms with van der Waals surface area (Å²) in [5.41, 5.74) is -0.310. The quantitative estimate of drug-likeness (QED) is 0.390. The summed E-state index contributed by atoms with van der Waals surface area (Å²) in [5, 5.41) is 0. The predicted octanol–water partition coefficient (Wildman–Crippen LogP) is 3.90. The Morgan fingerprint density at radius 2 is 1.70 bits per heavy atom. The molecule has 1 aliphatic heterocycles. The van der Waals surface area contributed by atoms with Crippen LogP contribution in [0.2, 0.25) is 0 Å². The zero-order valence-corrected chi connectivity index (χ0v) is 18.7. The van der Waals surface area contributed by atoms with E-state index in [9.17, 15) is 14.4 Å². The number of carbonyl (C=O) groups excluding carboxylic acids is 3. The van der Waals surface area contributed by atoms with Gasteiger partial charge in [-0.3, -0.25) is 9.59 Å². The van der Waals surface area contributed by atoms with Gasteiger partial charge in [0.25, 0.3) is 0 Å². The largest absolute Gasteiger partial charge is 0.463 e. The van der Waals surface area contributed by atoms with E-state index < -0.39 is 18.0 Å². The Hall–Kier alpha value is -1.59. The molecule has 0 N–H and O–H groups in total. The summed E-state index contributed by atoms with van der Waals surface area (Å²) in [6, 6.07) is 0. The van der Waals surface area contributed by atoms with Crippen LogP contribution in [0.3, 0.4) is 0 Å². The molecular weight excluding hydrogens is 384 g/mol. The molecule has 4 bridgehead atoms. The zero-order valence-electron chi connectivity index (χ0n) is 18.7. The second-order valence-electron chi connectivity index (χ2n) is 10.6. The molecule has 4 aliphatic carbocycles. The Balaban J connectivity index is 0.000000185. The minimum absolute atomic E-state index is 0.0391. The molecule has 0 radical (unpaired) electrons. The highest BCUT2D eigenvalue weighted by atomic mass is 16.6. The van der Waals surface area contributed by atoms with Crippen LogP contribution in [0.1, 0.15) is 72.6 Å². The molecule has 0 aromatic heterocycles. The average Bonchev–Trinajstić information content (AvgIpc) is 3.48. The highest BCUT2D eigenvalue weighted by molar-refractivity contribution is 5.79. The van der Waals surface area contributed by atoms with Gasteiger partial charge in [0.05, 0.1) is 12.0 Å². The molecule has 168 valence electrons. The van der Waals surface area contributed by atoms with Gasteiger partial charge in [0, 0.05) is 13.3 Å². The first-order valence-electron chi connectivity index (χ1n) is 11.8. The Kier molecular flexibility index (Phi) is 5.88. The highest BCUT2D eigenvalue weighted by Gasteiger charge is 2.63. The van der Waals surface area contributed by atoms with Crippen LogP contribution in [0, 0.1) is 40.9 Å². The van der Waals surface area contributed by atoms with Crippen LogP contribution >= 0.6 is 0 Å². The van der Waals surface area contributed by atoms with Crippen molar-refractivity contribution in [3.63, 3.8) is 0 Å². The van der Waals surface area contributed by atoms with Crippen LogP contribution in [-0.4, -0.2) is 36.7 Å². The molecule has 6 nitrogen and oxygen atoms in total. The molecule has 0 aromatic rings. The SMILES string of the molecule is CC(=O)OC1CCOC1=O.CCC(C)(C)C(=O)OC1CC2CC1C1C3CCC(C3)C21. The third-order valence-corrected chi connectivity index (χ3v) is 8.56. The molecule has 30 heavy (non-hydrogen) atoms. The lowest BCUT2D eigenvalue weighted by molar-refractivity contribution is -0.164. The van der Waals surface area contributed by atoms with E-state index in [-0.39, 0.29) is 17.5 Å². The molecule has 0 spiro atoms. The molecule has 0 amide bonds. The Morgan fingerprint density at radius 1 is 1.00 bits per heavy atom. The van der Waals surface area contributed by atoms with Crippen molar-refractivity contribution in [1.82, 2.24) is 0 Å². The molecule has 8 unspecified atom stereocenters. The van der Waals surface area contributed by atoms with Crippen molar-refractivity contribution < 1.29 is 28.6 Å². The van der Waals surface area contributed by atoms with Gasteiger partial charge in [0.15, 0.2) is 0 Å². The molecule has 6 heteroatoms. The van der Waals surface area contributed by atoms with Crippen LogP contribution in [-0.2, 0) is 28.6 Å². The normalized spacial score (nSPS) is 40.5. The number of ether oxygens (including phenoxy) is 3. The standard InChI is InChI=1S/C18H28O2.C6H8O4/c1-4-18(2,3)17(19)20-14-9-12-8-13(14)16-11-6-5-10(7-11)15(12)16;1-4(7)10-5-2-3-9-6(5)8/h10-16H,4-9H2,1-3H3;5H,2-3H2,1H3. The van der Waals surface area contributed by atoms with E-state index in [4.69, 9.17) is 4.74 Å². The van der Waals surface area contributed by atoms with Crippen molar-refractivity contribution in [3.8, 4) is 0 Å². The number of carbonyl (C=O) groups is 3. The van der Waals surface area contributed by atoms with E-state index in [0.29, 0.717) is 18.9 Å². The predicted molar refractivity (Wildman–Crippen MR) is 109 cm³/mol. The highest BCUT2D eigenvalue weighted by Crippen LogP contribution is 2.67. The topological polar surface area (TPSA) is 78.9 Å². The summed E-state index contributed by atoms with van der Waals surface area (Å²) in [7, 11) is 0. The van der Waals surface area contributed by atoms with Crippen molar-refractivity contribution in [1.29, 1.82) is 0 Å². The molecule has 5 fully saturated rings. The Labute approximate surface area is 179 Å². The van der Waals surface area contributed by atoms with Gasteiger partial charge in [-0.15, -0.1) is 0 Å². The van der Waals surface area contributed by atoms with E-state index in [2.05, 4.69) is 16.4 Å². The molecule has 0 aromatic carbocycles. The smallest absolute Gasteiger partial charge is 0.347 e. The number of hydrogen-bond donors (Lipinski definition) is 0. The maximum atomic E-state index is 12.4. The van der Waals surface area contributed by atoms with E-state index in [1.54, 1.807) is 0 Å². The maximum absolute atomic E-state index is 12.4. The van der Waals surface area contributed by atoms with Crippen molar-refractivity contribution in [2.24, 2.45) is 40.9 Å².